The number of carbonyl (C=O) groups excluding carboxylic acids is 1. The second kappa shape index (κ2) is 5.75. The van der Waals surface area contributed by atoms with Gasteiger partial charge in [0.25, 0.3) is 0 Å². The van der Waals surface area contributed by atoms with Gasteiger partial charge in [-0.15, -0.1) is 0 Å². The summed E-state index contributed by atoms with van der Waals surface area (Å²) in [5.74, 6) is 0. The van der Waals surface area contributed by atoms with Crippen LogP contribution in [0, 0.1) is 0 Å². The van der Waals surface area contributed by atoms with Gasteiger partial charge < -0.3 is 4.74 Å². The lowest BCUT2D eigenvalue weighted by Gasteiger charge is -2.07. The number of nitrogens with zero attached hydrogens (tertiary/aromatic N) is 2. The van der Waals surface area contributed by atoms with Gasteiger partial charge in [-0.05, 0) is 12.1 Å². The number of amides is 1. The van der Waals surface area contributed by atoms with Crippen LogP contribution in [0.1, 0.15) is 0 Å². The molecule has 2 rings (SSSR count). The van der Waals surface area contributed by atoms with Crippen LogP contribution >= 0.6 is 23.2 Å². The van der Waals surface area contributed by atoms with Crippen LogP contribution in [-0.2, 0) is 11.5 Å². The Kier molecular flexibility index (Phi) is 4.07. The van der Waals surface area contributed by atoms with Crippen molar-refractivity contribution in [3.8, 4) is 0 Å². The lowest BCUT2D eigenvalue weighted by Crippen LogP contribution is -2.15. The smallest absolute Gasteiger partial charge is 0.413 e. The third-order valence-corrected chi connectivity index (χ3v) is 2.86. The lowest BCUT2D eigenvalue weighted by atomic mass is 10.3. The number of ether oxygens (including phenoxy) is 1. The zero-order valence-electron chi connectivity index (χ0n) is 9.14. The van der Waals surface area contributed by atoms with Crippen molar-refractivity contribution in [1.29, 1.82) is 0 Å². The number of hydrogen-bond donors (Lipinski definition) is 1. The van der Waals surface area contributed by atoms with E-state index in [-0.39, 0.29) is 17.0 Å². The van der Waals surface area contributed by atoms with Crippen molar-refractivity contribution >= 4 is 35.0 Å². The molecule has 0 fully saturated rings. The molecular formula is C11H9Cl2N3O2. The van der Waals surface area contributed by atoms with Gasteiger partial charge in [0.2, 0.25) is 0 Å². The quantitative estimate of drug-likeness (QED) is 0.940. The van der Waals surface area contributed by atoms with E-state index in [0.29, 0.717) is 5.69 Å². The van der Waals surface area contributed by atoms with Crippen molar-refractivity contribution in [1.82, 2.24) is 9.55 Å². The summed E-state index contributed by atoms with van der Waals surface area (Å²) >= 11 is 11.5. The second-order valence-corrected chi connectivity index (χ2v) is 4.06. The fourth-order valence-electron chi connectivity index (χ4n) is 1.24. The summed E-state index contributed by atoms with van der Waals surface area (Å²) in [5.41, 5.74) is 0.650. The molecule has 0 spiro atoms. The molecule has 0 saturated heterocycles. The predicted molar refractivity (Wildman–Crippen MR) is 68.8 cm³/mol. The van der Waals surface area contributed by atoms with Crippen molar-refractivity contribution in [3.63, 3.8) is 0 Å². The van der Waals surface area contributed by atoms with Gasteiger partial charge in [0, 0.05) is 5.69 Å². The minimum absolute atomic E-state index is 0.0583. The molecule has 0 unspecified atom stereocenters. The number of imidazole rings is 1. The second-order valence-electron chi connectivity index (χ2n) is 3.35. The first kappa shape index (κ1) is 12.7. The standard InChI is InChI=1S/C11H9Cl2N3O2/c12-9-10(13)16(6-14-9)7-18-11(17)15-8-4-2-1-3-5-8/h1-6H,7H2,(H,15,17). The molecular weight excluding hydrogens is 277 g/mol. The molecule has 0 aliphatic rings. The molecule has 2 aromatic rings. The average molecular weight is 286 g/mol. The number of anilines is 1. The third kappa shape index (κ3) is 3.15. The predicted octanol–water partition coefficient (Wildman–Crippen LogP) is 3.40. The first-order valence-electron chi connectivity index (χ1n) is 5.02. The van der Waals surface area contributed by atoms with Crippen molar-refractivity contribution in [2.24, 2.45) is 0 Å². The molecule has 0 atom stereocenters. The molecule has 0 aliphatic carbocycles. The van der Waals surface area contributed by atoms with Gasteiger partial charge in [-0.3, -0.25) is 9.88 Å². The number of halogens is 2. The zero-order chi connectivity index (χ0) is 13.0. The van der Waals surface area contributed by atoms with Gasteiger partial charge in [-0.25, -0.2) is 9.78 Å². The van der Waals surface area contributed by atoms with Gasteiger partial charge in [0.15, 0.2) is 17.0 Å². The molecule has 0 radical (unpaired) electrons. The van der Waals surface area contributed by atoms with E-state index in [9.17, 15) is 4.79 Å². The highest BCUT2D eigenvalue weighted by Gasteiger charge is 2.08. The molecule has 94 valence electrons. The van der Waals surface area contributed by atoms with Crippen LogP contribution < -0.4 is 5.32 Å². The normalized spacial score (nSPS) is 10.1. The largest absolute Gasteiger partial charge is 0.427 e. The first-order valence-corrected chi connectivity index (χ1v) is 5.77. The minimum Gasteiger partial charge on any atom is -0.427 e. The molecule has 1 amide bonds. The van der Waals surface area contributed by atoms with Crippen LogP contribution in [0.4, 0.5) is 10.5 Å². The van der Waals surface area contributed by atoms with Crippen LogP contribution in [-0.4, -0.2) is 15.6 Å². The molecule has 7 heteroatoms. The van der Waals surface area contributed by atoms with Crippen LogP contribution in [0.3, 0.4) is 0 Å². The summed E-state index contributed by atoms with van der Waals surface area (Å²) in [4.78, 5) is 15.2. The Hall–Kier alpha value is -1.72. The summed E-state index contributed by atoms with van der Waals surface area (Å²) in [6.45, 7) is -0.0583. The molecule has 0 saturated carbocycles. The molecule has 1 N–H and O–H groups in total. The monoisotopic (exact) mass is 285 g/mol. The summed E-state index contributed by atoms with van der Waals surface area (Å²) in [6.07, 6.45) is 0.808. The summed E-state index contributed by atoms with van der Waals surface area (Å²) in [5, 5.41) is 2.96. The molecule has 0 bridgehead atoms. The highest BCUT2D eigenvalue weighted by atomic mass is 35.5. The number of rotatable bonds is 3. The highest BCUT2D eigenvalue weighted by Crippen LogP contribution is 2.19. The number of hydrogen-bond acceptors (Lipinski definition) is 3. The van der Waals surface area contributed by atoms with Crippen molar-refractivity contribution in [3.05, 3.63) is 47.0 Å². The first-order chi connectivity index (χ1) is 8.66. The Morgan fingerprint density at radius 3 is 2.67 bits per heavy atom. The van der Waals surface area contributed by atoms with Crippen LogP contribution in [0.5, 0.6) is 0 Å². The van der Waals surface area contributed by atoms with Gasteiger partial charge in [0.1, 0.15) is 6.33 Å². The Morgan fingerprint density at radius 2 is 2.06 bits per heavy atom. The molecule has 5 nitrogen and oxygen atoms in total. The van der Waals surface area contributed by atoms with Crippen LogP contribution in [0.15, 0.2) is 36.7 Å². The Bertz CT molecular complexity index is 542. The van der Waals surface area contributed by atoms with Gasteiger partial charge in [-0.2, -0.15) is 0 Å². The van der Waals surface area contributed by atoms with Gasteiger partial charge in [0.05, 0.1) is 0 Å². The Balaban J connectivity index is 1.87. The summed E-state index contributed by atoms with van der Waals surface area (Å²) in [7, 11) is 0. The Morgan fingerprint density at radius 1 is 1.33 bits per heavy atom. The number of nitrogens with one attached hydrogen (secondary N) is 1. The van der Waals surface area contributed by atoms with Crippen LogP contribution in [0.2, 0.25) is 10.3 Å². The molecule has 1 aromatic heterocycles. The van der Waals surface area contributed by atoms with Crippen LogP contribution in [0.25, 0.3) is 0 Å². The van der Waals surface area contributed by atoms with E-state index in [0.717, 1.165) is 0 Å². The highest BCUT2D eigenvalue weighted by molar-refractivity contribution is 6.40. The van der Waals surface area contributed by atoms with E-state index in [2.05, 4.69) is 10.3 Å². The summed E-state index contributed by atoms with van der Waals surface area (Å²) in [6, 6.07) is 8.97. The van der Waals surface area contributed by atoms with Gasteiger partial charge >= 0.3 is 6.09 Å². The third-order valence-electron chi connectivity index (χ3n) is 2.09. The average Bonchev–Trinajstić information content (AvgIpc) is 2.69. The van der Waals surface area contributed by atoms with E-state index < -0.39 is 6.09 Å². The van der Waals surface area contributed by atoms with E-state index in [4.69, 9.17) is 27.9 Å². The maximum absolute atomic E-state index is 11.5. The lowest BCUT2D eigenvalue weighted by molar-refractivity contribution is 0.128. The van der Waals surface area contributed by atoms with Crippen molar-refractivity contribution in [2.45, 2.75) is 6.73 Å². The Labute approximate surface area is 113 Å². The molecule has 18 heavy (non-hydrogen) atoms. The topological polar surface area (TPSA) is 56.1 Å². The number of para-hydroxylation sites is 1. The number of benzene rings is 1. The van der Waals surface area contributed by atoms with E-state index >= 15 is 0 Å². The number of aromatic nitrogens is 2. The number of carbonyl (C=O) groups is 1. The maximum atomic E-state index is 11.5. The SMILES string of the molecule is O=C(Nc1ccccc1)OCn1cnc(Cl)c1Cl. The summed E-state index contributed by atoms with van der Waals surface area (Å²) < 4.78 is 6.37. The van der Waals surface area contributed by atoms with E-state index in [1.165, 1.54) is 10.9 Å². The molecule has 0 aliphatic heterocycles. The van der Waals surface area contributed by atoms with E-state index in [1.807, 2.05) is 18.2 Å². The van der Waals surface area contributed by atoms with Gasteiger partial charge in [-0.1, -0.05) is 41.4 Å². The van der Waals surface area contributed by atoms with E-state index in [1.54, 1.807) is 12.1 Å². The fraction of sp³-hybridized carbons (Fsp3) is 0.0909. The minimum atomic E-state index is -0.581. The van der Waals surface area contributed by atoms with Crippen molar-refractivity contribution in [2.75, 3.05) is 5.32 Å². The maximum Gasteiger partial charge on any atom is 0.413 e. The molecule has 1 heterocycles. The molecule has 1 aromatic carbocycles. The fourth-order valence-corrected chi connectivity index (χ4v) is 1.53. The van der Waals surface area contributed by atoms with Crippen molar-refractivity contribution < 1.29 is 9.53 Å². The zero-order valence-corrected chi connectivity index (χ0v) is 10.6.